The van der Waals surface area contributed by atoms with Crippen molar-refractivity contribution in [2.45, 2.75) is 19.8 Å². The van der Waals surface area contributed by atoms with E-state index in [-0.39, 0.29) is 12.5 Å². The maximum atomic E-state index is 11.8. The van der Waals surface area contributed by atoms with Gasteiger partial charge in [0.25, 0.3) is 0 Å². The van der Waals surface area contributed by atoms with E-state index in [1.165, 1.54) is 0 Å². The number of hydrogen-bond donors (Lipinski definition) is 2. The summed E-state index contributed by atoms with van der Waals surface area (Å²) >= 11 is 0. The van der Waals surface area contributed by atoms with Crippen LogP contribution < -0.4 is 11.1 Å². The van der Waals surface area contributed by atoms with Crippen LogP contribution in [0, 0.1) is 5.92 Å². The van der Waals surface area contributed by atoms with Gasteiger partial charge in [0.15, 0.2) is 5.96 Å². The number of carbonyl (C=O) groups is 1. The number of hydrogen-bond acceptors (Lipinski definition) is 2. The summed E-state index contributed by atoms with van der Waals surface area (Å²) in [6.45, 7) is 4.17. The van der Waals surface area contributed by atoms with Gasteiger partial charge in [-0.25, -0.2) is 4.99 Å². The van der Waals surface area contributed by atoms with Gasteiger partial charge >= 0.3 is 0 Å². The van der Waals surface area contributed by atoms with Crippen LogP contribution in [0.2, 0.25) is 0 Å². The molecule has 1 fully saturated rings. The third-order valence-electron chi connectivity index (χ3n) is 3.55. The van der Waals surface area contributed by atoms with Crippen LogP contribution in [0.25, 0.3) is 0 Å². The molecular formula is C15H22N4O. The first kappa shape index (κ1) is 14.4. The van der Waals surface area contributed by atoms with Crippen molar-refractivity contribution in [1.29, 1.82) is 0 Å². The number of nitrogens with one attached hydrogen (secondary N) is 1. The van der Waals surface area contributed by atoms with E-state index in [0.29, 0.717) is 5.96 Å². The minimum absolute atomic E-state index is 0.0623. The lowest BCUT2D eigenvalue weighted by molar-refractivity contribution is -0.114. The maximum absolute atomic E-state index is 11.8. The van der Waals surface area contributed by atoms with Crippen molar-refractivity contribution in [3.05, 3.63) is 30.3 Å². The Labute approximate surface area is 119 Å². The van der Waals surface area contributed by atoms with Gasteiger partial charge in [0.1, 0.15) is 6.54 Å². The van der Waals surface area contributed by atoms with Crippen LogP contribution in [0.4, 0.5) is 5.69 Å². The number of benzene rings is 1. The Morgan fingerprint density at radius 3 is 2.65 bits per heavy atom. The minimum Gasteiger partial charge on any atom is -0.370 e. The maximum Gasteiger partial charge on any atom is 0.246 e. The van der Waals surface area contributed by atoms with Gasteiger partial charge in [0.05, 0.1) is 0 Å². The molecule has 0 spiro atoms. The average Bonchev–Trinajstić information content (AvgIpc) is 2.46. The molecule has 0 aromatic heterocycles. The number of nitrogens with two attached hydrogens (primary N) is 1. The molecule has 1 aliphatic rings. The Morgan fingerprint density at radius 1 is 1.35 bits per heavy atom. The standard InChI is InChI=1S/C15H22N4O/c1-12-7-9-19(10-8-12)15(16)17-11-14(20)18-13-5-3-2-4-6-13/h2-6,12H,7-11H2,1H3,(H2,16,17)(H,18,20). The van der Waals surface area contributed by atoms with Gasteiger partial charge < -0.3 is 16.0 Å². The predicted molar refractivity (Wildman–Crippen MR) is 81.5 cm³/mol. The fourth-order valence-corrected chi connectivity index (χ4v) is 2.21. The lowest BCUT2D eigenvalue weighted by atomic mass is 10.00. The molecule has 1 saturated heterocycles. The van der Waals surface area contributed by atoms with E-state index >= 15 is 0 Å². The van der Waals surface area contributed by atoms with Gasteiger partial charge in [-0.2, -0.15) is 0 Å². The molecule has 1 heterocycles. The molecule has 1 aromatic rings. The van der Waals surface area contributed by atoms with Crippen LogP contribution in [0.1, 0.15) is 19.8 Å². The summed E-state index contributed by atoms with van der Waals surface area (Å²) in [4.78, 5) is 18.0. The van der Waals surface area contributed by atoms with Crippen LogP contribution in [0.5, 0.6) is 0 Å². The molecule has 1 aromatic carbocycles. The molecule has 1 amide bonds. The topological polar surface area (TPSA) is 70.7 Å². The highest BCUT2D eigenvalue weighted by Gasteiger charge is 2.17. The number of rotatable bonds is 3. The van der Waals surface area contributed by atoms with E-state index in [2.05, 4.69) is 22.1 Å². The van der Waals surface area contributed by atoms with Crippen molar-refractivity contribution < 1.29 is 4.79 Å². The zero-order valence-corrected chi connectivity index (χ0v) is 11.9. The van der Waals surface area contributed by atoms with Crippen LogP contribution >= 0.6 is 0 Å². The Morgan fingerprint density at radius 2 is 2.00 bits per heavy atom. The van der Waals surface area contributed by atoms with Gasteiger partial charge in [-0.3, -0.25) is 4.79 Å². The zero-order chi connectivity index (χ0) is 14.4. The Kier molecular flexibility index (Phi) is 4.98. The molecule has 108 valence electrons. The second kappa shape index (κ2) is 6.93. The number of carbonyl (C=O) groups excluding carboxylic acids is 1. The minimum atomic E-state index is -0.149. The molecule has 0 saturated carbocycles. The van der Waals surface area contributed by atoms with Crippen LogP contribution in [-0.4, -0.2) is 36.4 Å². The largest absolute Gasteiger partial charge is 0.370 e. The fourth-order valence-electron chi connectivity index (χ4n) is 2.21. The van der Waals surface area contributed by atoms with Gasteiger partial charge in [-0.1, -0.05) is 25.1 Å². The normalized spacial score (nSPS) is 17.1. The lowest BCUT2D eigenvalue weighted by Crippen LogP contribution is -2.42. The number of amides is 1. The smallest absolute Gasteiger partial charge is 0.246 e. The van der Waals surface area contributed by atoms with Gasteiger partial charge in [0, 0.05) is 18.8 Å². The molecular weight excluding hydrogens is 252 g/mol. The molecule has 1 aliphatic heterocycles. The van der Waals surface area contributed by atoms with Crippen LogP contribution in [-0.2, 0) is 4.79 Å². The first-order valence-electron chi connectivity index (χ1n) is 7.05. The molecule has 3 N–H and O–H groups in total. The first-order chi connectivity index (χ1) is 9.65. The van der Waals surface area contributed by atoms with Gasteiger partial charge in [0.2, 0.25) is 5.91 Å². The first-order valence-corrected chi connectivity index (χ1v) is 7.05. The average molecular weight is 274 g/mol. The highest BCUT2D eigenvalue weighted by Crippen LogP contribution is 2.15. The third-order valence-corrected chi connectivity index (χ3v) is 3.55. The van der Waals surface area contributed by atoms with E-state index < -0.39 is 0 Å². The second-order valence-electron chi connectivity index (χ2n) is 5.26. The van der Waals surface area contributed by atoms with Crippen molar-refractivity contribution >= 4 is 17.6 Å². The van der Waals surface area contributed by atoms with E-state index in [0.717, 1.165) is 37.5 Å². The molecule has 0 atom stereocenters. The number of likely N-dealkylation sites (tertiary alicyclic amines) is 1. The van der Waals surface area contributed by atoms with Crippen LogP contribution in [0.3, 0.4) is 0 Å². The molecule has 0 radical (unpaired) electrons. The van der Waals surface area contributed by atoms with Crippen molar-refractivity contribution in [2.24, 2.45) is 16.6 Å². The summed E-state index contributed by atoms with van der Waals surface area (Å²) in [5.41, 5.74) is 6.71. The zero-order valence-electron chi connectivity index (χ0n) is 11.9. The molecule has 0 unspecified atom stereocenters. The summed E-state index contributed by atoms with van der Waals surface area (Å²) < 4.78 is 0. The Hall–Kier alpha value is -2.04. The summed E-state index contributed by atoms with van der Waals surface area (Å²) in [5, 5.41) is 2.79. The van der Waals surface area contributed by atoms with Crippen molar-refractivity contribution in [3.8, 4) is 0 Å². The Balaban J connectivity index is 1.81. The number of aliphatic imine (C=N–C) groups is 1. The number of nitrogens with zero attached hydrogens (tertiary/aromatic N) is 2. The third kappa shape index (κ3) is 4.26. The fraction of sp³-hybridized carbons (Fsp3) is 0.467. The Bertz CT molecular complexity index is 464. The van der Waals surface area contributed by atoms with E-state index in [1.807, 2.05) is 30.3 Å². The highest BCUT2D eigenvalue weighted by atomic mass is 16.1. The quantitative estimate of drug-likeness (QED) is 0.650. The summed E-state index contributed by atoms with van der Waals surface area (Å²) in [7, 11) is 0. The number of piperidine rings is 1. The monoisotopic (exact) mass is 274 g/mol. The molecule has 5 nitrogen and oxygen atoms in total. The highest BCUT2D eigenvalue weighted by molar-refractivity contribution is 5.93. The molecule has 0 aliphatic carbocycles. The predicted octanol–water partition coefficient (Wildman–Crippen LogP) is 1.67. The number of anilines is 1. The van der Waals surface area contributed by atoms with Gasteiger partial charge in [-0.15, -0.1) is 0 Å². The van der Waals surface area contributed by atoms with Crippen LogP contribution in [0.15, 0.2) is 35.3 Å². The van der Waals surface area contributed by atoms with Crippen molar-refractivity contribution in [2.75, 3.05) is 25.0 Å². The van der Waals surface area contributed by atoms with E-state index in [9.17, 15) is 4.79 Å². The van der Waals surface area contributed by atoms with E-state index in [1.54, 1.807) is 0 Å². The SMILES string of the molecule is CC1CCN(C(N)=NCC(=O)Nc2ccccc2)CC1. The van der Waals surface area contributed by atoms with E-state index in [4.69, 9.17) is 5.73 Å². The number of guanidine groups is 1. The number of para-hydroxylation sites is 1. The van der Waals surface area contributed by atoms with Gasteiger partial charge in [-0.05, 0) is 30.9 Å². The van der Waals surface area contributed by atoms with Crippen molar-refractivity contribution in [3.63, 3.8) is 0 Å². The molecule has 20 heavy (non-hydrogen) atoms. The molecule has 2 rings (SSSR count). The second-order valence-corrected chi connectivity index (χ2v) is 5.26. The summed E-state index contributed by atoms with van der Waals surface area (Å²) in [6, 6.07) is 9.35. The summed E-state index contributed by atoms with van der Waals surface area (Å²) in [5.74, 6) is 1.07. The lowest BCUT2D eigenvalue weighted by Gasteiger charge is -2.30. The molecule has 0 bridgehead atoms. The molecule has 5 heteroatoms. The van der Waals surface area contributed by atoms with Crippen molar-refractivity contribution in [1.82, 2.24) is 4.90 Å². The summed E-state index contributed by atoms with van der Waals surface area (Å²) in [6.07, 6.45) is 2.26.